The van der Waals surface area contributed by atoms with Crippen LogP contribution >= 0.6 is 0 Å². The fraction of sp³-hybridized carbons (Fsp3) is 0.222. The molecule has 8 heteroatoms. The molecule has 0 aliphatic rings. The van der Waals surface area contributed by atoms with Crippen LogP contribution in [0.15, 0.2) is 48.8 Å². The van der Waals surface area contributed by atoms with Crippen LogP contribution in [0.1, 0.15) is 12.5 Å². The van der Waals surface area contributed by atoms with E-state index in [2.05, 4.69) is 20.8 Å². The normalized spacial score (nSPS) is 10.4. The Labute approximate surface area is 150 Å². The Kier molecular flexibility index (Phi) is 5.43. The highest BCUT2D eigenvalue weighted by Gasteiger charge is 2.10. The summed E-state index contributed by atoms with van der Waals surface area (Å²) in [4.78, 5) is 12.2. The van der Waals surface area contributed by atoms with Gasteiger partial charge in [0.25, 0.3) is 5.91 Å². The van der Waals surface area contributed by atoms with Gasteiger partial charge in [-0.3, -0.25) is 4.79 Å². The highest BCUT2D eigenvalue weighted by molar-refractivity contribution is 5.92. The van der Waals surface area contributed by atoms with Crippen molar-refractivity contribution in [2.75, 3.05) is 18.5 Å². The summed E-state index contributed by atoms with van der Waals surface area (Å²) in [7, 11) is 0. The van der Waals surface area contributed by atoms with Gasteiger partial charge in [0.2, 0.25) is 0 Å². The van der Waals surface area contributed by atoms with Gasteiger partial charge >= 0.3 is 0 Å². The molecular weight excluding hydrogens is 334 g/mol. The zero-order valence-electron chi connectivity index (χ0n) is 14.5. The Morgan fingerprint density at radius 2 is 1.92 bits per heavy atom. The lowest BCUT2D eigenvalue weighted by molar-refractivity contribution is -0.118. The van der Waals surface area contributed by atoms with Crippen LogP contribution in [-0.4, -0.2) is 39.3 Å². The number of nitrogens with zero attached hydrogens (tertiary/aromatic N) is 4. The monoisotopic (exact) mass is 353 g/mol. The molecule has 8 nitrogen and oxygen atoms in total. The smallest absolute Gasteiger partial charge is 0.262 e. The predicted molar refractivity (Wildman–Crippen MR) is 95.6 cm³/mol. The number of aromatic nitrogens is 4. The molecule has 0 bridgehead atoms. The second-order valence-electron chi connectivity index (χ2n) is 5.47. The van der Waals surface area contributed by atoms with Crippen LogP contribution in [0.3, 0.4) is 0 Å². The van der Waals surface area contributed by atoms with Crippen LogP contribution in [0, 0.1) is 6.92 Å². The topological polar surface area (TPSA) is 91.2 Å². The lowest BCUT2D eigenvalue weighted by atomic mass is 10.2. The molecule has 134 valence electrons. The van der Waals surface area contributed by atoms with Gasteiger partial charge < -0.3 is 14.8 Å². The van der Waals surface area contributed by atoms with Crippen LogP contribution in [0.25, 0.3) is 5.69 Å². The van der Waals surface area contributed by atoms with Gasteiger partial charge in [-0.25, -0.2) is 4.68 Å². The van der Waals surface area contributed by atoms with Crippen molar-refractivity contribution in [1.29, 1.82) is 0 Å². The minimum atomic E-state index is -0.275. The number of para-hydroxylation sites is 2. The van der Waals surface area contributed by atoms with E-state index in [4.69, 9.17) is 9.47 Å². The number of amides is 1. The third-order valence-corrected chi connectivity index (χ3v) is 3.60. The van der Waals surface area contributed by atoms with Gasteiger partial charge in [0.05, 0.1) is 12.3 Å². The highest BCUT2D eigenvalue weighted by Crippen LogP contribution is 2.26. The number of ether oxygens (including phenoxy) is 2. The van der Waals surface area contributed by atoms with E-state index in [1.165, 1.54) is 6.33 Å². The van der Waals surface area contributed by atoms with Crippen LogP contribution in [-0.2, 0) is 4.79 Å². The Bertz CT molecular complexity index is 880. The average molecular weight is 353 g/mol. The minimum absolute atomic E-state index is 0.127. The average Bonchev–Trinajstić information content (AvgIpc) is 3.17. The summed E-state index contributed by atoms with van der Waals surface area (Å²) in [5.41, 5.74) is 2.40. The molecule has 0 radical (unpaired) electrons. The first-order valence-electron chi connectivity index (χ1n) is 8.16. The molecular formula is C18H19N5O3. The maximum Gasteiger partial charge on any atom is 0.262 e. The fourth-order valence-electron chi connectivity index (χ4n) is 2.39. The predicted octanol–water partition coefficient (Wildman–Crippen LogP) is 2.39. The molecule has 3 rings (SSSR count). The summed E-state index contributed by atoms with van der Waals surface area (Å²) < 4.78 is 12.6. The van der Waals surface area contributed by atoms with E-state index in [9.17, 15) is 4.79 Å². The number of rotatable bonds is 7. The van der Waals surface area contributed by atoms with Crippen molar-refractivity contribution in [3.63, 3.8) is 0 Å². The molecule has 2 aromatic carbocycles. The second-order valence-corrected chi connectivity index (χ2v) is 5.47. The molecule has 0 saturated carbocycles. The molecule has 1 aromatic heterocycles. The minimum Gasteiger partial charge on any atom is -0.490 e. The van der Waals surface area contributed by atoms with Gasteiger partial charge in [0, 0.05) is 5.69 Å². The maximum absolute atomic E-state index is 12.2. The van der Waals surface area contributed by atoms with Crippen molar-refractivity contribution in [2.45, 2.75) is 13.8 Å². The van der Waals surface area contributed by atoms with Gasteiger partial charge in [0.1, 0.15) is 6.33 Å². The highest BCUT2D eigenvalue weighted by atomic mass is 16.5. The number of hydrogen-bond acceptors (Lipinski definition) is 6. The summed E-state index contributed by atoms with van der Waals surface area (Å²) in [6.07, 6.45) is 1.50. The van der Waals surface area contributed by atoms with E-state index in [0.29, 0.717) is 23.8 Å². The molecule has 3 aromatic rings. The zero-order chi connectivity index (χ0) is 18.4. The number of benzene rings is 2. The molecule has 1 N–H and O–H groups in total. The Morgan fingerprint density at radius 3 is 2.62 bits per heavy atom. The van der Waals surface area contributed by atoms with E-state index < -0.39 is 0 Å². The van der Waals surface area contributed by atoms with E-state index in [1.54, 1.807) is 22.9 Å². The third kappa shape index (κ3) is 4.15. The SMILES string of the molecule is CCOc1ccccc1OCC(=O)Nc1ccc(C)c(-n2cnnn2)c1. The number of tetrazole rings is 1. The standard InChI is InChI=1S/C18H19N5O3/c1-3-25-16-6-4-5-7-17(16)26-11-18(24)20-14-9-8-13(2)15(10-14)23-12-19-21-22-23/h4-10,12H,3,11H2,1-2H3,(H,20,24). The molecule has 0 aliphatic heterocycles. The number of nitrogens with one attached hydrogen (secondary N) is 1. The van der Waals surface area contributed by atoms with Crippen molar-refractivity contribution in [1.82, 2.24) is 20.2 Å². The van der Waals surface area contributed by atoms with Crippen LogP contribution in [0.4, 0.5) is 5.69 Å². The molecule has 1 heterocycles. The molecule has 26 heavy (non-hydrogen) atoms. The summed E-state index contributed by atoms with van der Waals surface area (Å²) >= 11 is 0. The van der Waals surface area contributed by atoms with Crippen LogP contribution < -0.4 is 14.8 Å². The van der Waals surface area contributed by atoms with Crippen molar-refractivity contribution in [2.24, 2.45) is 0 Å². The van der Waals surface area contributed by atoms with Crippen LogP contribution in [0.5, 0.6) is 11.5 Å². The van der Waals surface area contributed by atoms with Crippen molar-refractivity contribution in [3.8, 4) is 17.2 Å². The first-order chi connectivity index (χ1) is 12.7. The van der Waals surface area contributed by atoms with Gasteiger partial charge in [-0.2, -0.15) is 0 Å². The first-order valence-corrected chi connectivity index (χ1v) is 8.16. The lowest BCUT2D eigenvalue weighted by Crippen LogP contribution is -2.20. The van der Waals surface area contributed by atoms with Gasteiger partial charge in [0.15, 0.2) is 18.1 Å². The van der Waals surface area contributed by atoms with Gasteiger partial charge in [-0.1, -0.05) is 18.2 Å². The Hall–Kier alpha value is -3.42. The molecule has 0 unspecified atom stereocenters. The van der Waals surface area contributed by atoms with E-state index in [-0.39, 0.29) is 12.5 Å². The summed E-state index contributed by atoms with van der Waals surface area (Å²) in [5.74, 6) is 0.865. The number of aryl methyl sites for hydroxylation is 1. The van der Waals surface area contributed by atoms with Crippen molar-refractivity contribution >= 4 is 11.6 Å². The van der Waals surface area contributed by atoms with Crippen molar-refractivity contribution in [3.05, 3.63) is 54.4 Å². The third-order valence-electron chi connectivity index (χ3n) is 3.60. The largest absolute Gasteiger partial charge is 0.490 e. The summed E-state index contributed by atoms with van der Waals surface area (Å²) in [5, 5.41) is 13.9. The second kappa shape index (κ2) is 8.11. The number of anilines is 1. The molecule has 0 spiro atoms. The molecule has 0 saturated heterocycles. The van der Waals surface area contributed by atoms with Gasteiger partial charge in [-0.15, -0.1) is 5.10 Å². The lowest BCUT2D eigenvalue weighted by Gasteiger charge is -2.12. The first kappa shape index (κ1) is 17.4. The maximum atomic E-state index is 12.2. The summed E-state index contributed by atoms with van der Waals surface area (Å²) in [6.45, 7) is 4.23. The molecule has 0 atom stereocenters. The van der Waals surface area contributed by atoms with Crippen molar-refractivity contribution < 1.29 is 14.3 Å². The van der Waals surface area contributed by atoms with Gasteiger partial charge in [-0.05, 0) is 54.1 Å². The fourth-order valence-corrected chi connectivity index (χ4v) is 2.39. The number of carbonyl (C=O) groups is 1. The number of hydrogen-bond donors (Lipinski definition) is 1. The van der Waals surface area contributed by atoms with E-state index in [0.717, 1.165) is 11.3 Å². The quantitative estimate of drug-likeness (QED) is 0.701. The zero-order valence-corrected chi connectivity index (χ0v) is 14.5. The van der Waals surface area contributed by atoms with Crippen LogP contribution in [0.2, 0.25) is 0 Å². The molecule has 0 aliphatic carbocycles. The number of carbonyl (C=O) groups excluding carboxylic acids is 1. The Balaban J connectivity index is 1.65. The molecule has 1 amide bonds. The summed E-state index contributed by atoms with van der Waals surface area (Å²) in [6, 6.07) is 12.7. The van der Waals surface area contributed by atoms with E-state index >= 15 is 0 Å². The molecule has 0 fully saturated rings. The van der Waals surface area contributed by atoms with E-state index in [1.807, 2.05) is 38.1 Å². The Morgan fingerprint density at radius 1 is 1.15 bits per heavy atom.